The van der Waals surface area contributed by atoms with Crippen molar-refractivity contribution in [2.75, 3.05) is 0 Å². The summed E-state index contributed by atoms with van der Waals surface area (Å²) < 4.78 is 27.0. The molecule has 17 heavy (non-hydrogen) atoms. The van der Waals surface area contributed by atoms with Crippen LogP contribution in [-0.4, -0.2) is 0 Å². The third-order valence-corrected chi connectivity index (χ3v) is 4.28. The Labute approximate surface area is 101 Å². The Morgan fingerprint density at radius 1 is 1.29 bits per heavy atom. The summed E-state index contributed by atoms with van der Waals surface area (Å²) in [6.45, 7) is 2.09. The van der Waals surface area contributed by atoms with E-state index < -0.39 is 17.7 Å². The quantitative estimate of drug-likeness (QED) is 0.849. The Morgan fingerprint density at radius 2 is 1.94 bits per heavy atom. The van der Waals surface area contributed by atoms with Gasteiger partial charge in [0.15, 0.2) is 11.6 Å². The fourth-order valence-corrected chi connectivity index (χ4v) is 3.05. The van der Waals surface area contributed by atoms with Crippen LogP contribution in [0, 0.1) is 17.0 Å². The maximum absolute atomic E-state index is 13.8. The molecule has 1 aromatic carbocycles. The number of hydrogen-bond acceptors (Lipinski definition) is 1. The Kier molecular flexibility index (Phi) is 3.48. The van der Waals surface area contributed by atoms with E-state index in [-0.39, 0.29) is 5.41 Å². The molecule has 3 heteroatoms. The molecule has 1 saturated carbocycles. The molecular weight excluding hydrogens is 220 g/mol. The van der Waals surface area contributed by atoms with E-state index in [2.05, 4.69) is 6.92 Å². The van der Waals surface area contributed by atoms with Gasteiger partial charge < -0.3 is 5.73 Å². The van der Waals surface area contributed by atoms with Crippen LogP contribution in [0.5, 0.6) is 0 Å². The molecule has 0 spiro atoms. The number of nitrogens with two attached hydrogens (primary N) is 1. The second kappa shape index (κ2) is 4.73. The molecule has 1 atom stereocenters. The highest BCUT2D eigenvalue weighted by Gasteiger charge is 2.39. The van der Waals surface area contributed by atoms with Crippen LogP contribution in [0.25, 0.3) is 0 Å². The predicted molar refractivity (Wildman–Crippen MR) is 64.5 cm³/mol. The molecule has 0 heterocycles. The molecule has 94 valence electrons. The van der Waals surface area contributed by atoms with Crippen LogP contribution in [0.4, 0.5) is 8.78 Å². The second-order valence-electron chi connectivity index (χ2n) is 5.04. The first kappa shape index (κ1) is 12.5. The van der Waals surface area contributed by atoms with E-state index in [1.807, 2.05) is 0 Å². The predicted octanol–water partition coefficient (Wildman–Crippen LogP) is 3.94. The zero-order valence-electron chi connectivity index (χ0n) is 10.2. The van der Waals surface area contributed by atoms with Crippen LogP contribution >= 0.6 is 0 Å². The van der Waals surface area contributed by atoms with Crippen molar-refractivity contribution in [2.24, 2.45) is 11.1 Å². The number of rotatable bonds is 3. The van der Waals surface area contributed by atoms with Crippen LogP contribution < -0.4 is 5.73 Å². The molecule has 1 nitrogen and oxygen atoms in total. The third-order valence-electron chi connectivity index (χ3n) is 4.28. The molecule has 0 saturated heterocycles. The number of benzene rings is 1. The SMILES string of the molecule is CCC1(C(N)c2cccc(F)c2F)CCCC1. The largest absolute Gasteiger partial charge is 0.323 e. The molecule has 0 bridgehead atoms. The molecule has 1 aromatic rings. The van der Waals surface area contributed by atoms with Crippen molar-refractivity contribution >= 4 is 0 Å². The maximum Gasteiger partial charge on any atom is 0.163 e. The van der Waals surface area contributed by atoms with Crippen molar-refractivity contribution in [2.45, 2.75) is 45.1 Å². The van der Waals surface area contributed by atoms with Crippen LogP contribution in [-0.2, 0) is 0 Å². The van der Waals surface area contributed by atoms with E-state index in [0.29, 0.717) is 5.56 Å². The summed E-state index contributed by atoms with van der Waals surface area (Å²) in [6, 6.07) is 3.88. The molecule has 0 radical (unpaired) electrons. The molecule has 1 aliphatic rings. The smallest absolute Gasteiger partial charge is 0.163 e. The standard InChI is InChI=1S/C14H19F2N/c1-2-14(8-3-4-9-14)13(17)10-6-5-7-11(15)12(10)16/h5-7,13H,2-4,8-9,17H2,1H3. The molecule has 1 fully saturated rings. The summed E-state index contributed by atoms with van der Waals surface area (Å²) in [5.41, 5.74) is 6.49. The summed E-state index contributed by atoms with van der Waals surface area (Å²) >= 11 is 0. The maximum atomic E-state index is 13.8. The summed E-state index contributed by atoms with van der Waals surface area (Å²) in [5.74, 6) is -1.58. The van der Waals surface area contributed by atoms with Crippen molar-refractivity contribution < 1.29 is 8.78 Å². The highest BCUT2D eigenvalue weighted by molar-refractivity contribution is 5.24. The van der Waals surface area contributed by atoms with Crippen molar-refractivity contribution in [1.29, 1.82) is 0 Å². The normalized spacial score (nSPS) is 20.5. The van der Waals surface area contributed by atoms with Crippen LogP contribution in [0.15, 0.2) is 18.2 Å². The third kappa shape index (κ3) is 2.08. The van der Waals surface area contributed by atoms with Crippen molar-refractivity contribution in [3.63, 3.8) is 0 Å². The monoisotopic (exact) mass is 239 g/mol. The number of hydrogen-bond donors (Lipinski definition) is 1. The van der Waals surface area contributed by atoms with E-state index in [4.69, 9.17) is 5.73 Å². The first-order valence-electron chi connectivity index (χ1n) is 6.30. The fourth-order valence-electron chi connectivity index (χ4n) is 3.05. The van der Waals surface area contributed by atoms with Gasteiger partial charge in [-0.3, -0.25) is 0 Å². The summed E-state index contributed by atoms with van der Waals surface area (Å²) in [7, 11) is 0. The lowest BCUT2D eigenvalue weighted by Gasteiger charge is -2.34. The van der Waals surface area contributed by atoms with Gasteiger partial charge in [-0.15, -0.1) is 0 Å². The lowest BCUT2D eigenvalue weighted by Crippen LogP contribution is -2.32. The van der Waals surface area contributed by atoms with E-state index in [9.17, 15) is 8.78 Å². The zero-order valence-corrected chi connectivity index (χ0v) is 10.2. The topological polar surface area (TPSA) is 26.0 Å². The molecule has 2 rings (SSSR count). The lowest BCUT2D eigenvalue weighted by atomic mass is 9.74. The average Bonchev–Trinajstić information content (AvgIpc) is 2.82. The minimum Gasteiger partial charge on any atom is -0.323 e. The van der Waals surface area contributed by atoms with Crippen molar-refractivity contribution in [1.82, 2.24) is 0 Å². The first-order chi connectivity index (χ1) is 8.10. The molecule has 0 amide bonds. The van der Waals surface area contributed by atoms with E-state index in [0.717, 1.165) is 38.2 Å². The van der Waals surface area contributed by atoms with Crippen molar-refractivity contribution in [3.05, 3.63) is 35.4 Å². The molecule has 2 N–H and O–H groups in total. The van der Waals surface area contributed by atoms with Crippen molar-refractivity contribution in [3.8, 4) is 0 Å². The molecular formula is C14H19F2N. The van der Waals surface area contributed by atoms with E-state index in [1.54, 1.807) is 6.07 Å². The van der Waals surface area contributed by atoms with Gasteiger partial charge in [-0.05, 0) is 30.7 Å². The van der Waals surface area contributed by atoms with E-state index in [1.165, 1.54) is 6.07 Å². The molecule has 1 unspecified atom stereocenters. The van der Waals surface area contributed by atoms with Crippen LogP contribution in [0.2, 0.25) is 0 Å². The van der Waals surface area contributed by atoms with Gasteiger partial charge in [0.1, 0.15) is 0 Å². The molecule has 0 aromatic heterocycles. The molecule has 1 aliphatic carbocycles. The van der Waals surface area contributed by atoms with Gasteiger partial charge >= 0.3 is 0 Å². The lowest BCUT2D eigenvalue weighted by molar-refractivity contribution is 0.217. The van der Waals surface area contributed by atoms with E-state index >= 15 is 0 Å². The highest BCUT2D eigenvalue weighted by atomic mass is 19.2. The number of halogens is 2. The fraction of sp³-hybridized carbons (Fsp3) is 0.571. The van der Waals surface area contributed by atoms with Gasteiger partial charge in [0, 0.05) is 11.6 Å². The van der Waals surface area contributed by atoms with Gasteiger partial charge in [-0.2, -0.15) is 0 Å². The average molecular weight is 239 g/mol. The second-order valence-corrected chi connectivity index (χ2v) is 5.04. The minimum absolute atomic E-state index is 0.0470. The van der Waals surface area contributed by atoms with Crippen LogP contribution in [0.1, 0.15) is 50.6 Å². The first-order valence-corrected chi connectivity index (χ1v) is 6.30. The summed E-state index contributed by atoms with van der Waals surface area (Å²) in [4.78, 5) is 0. The Morgan fingerprint density at radius 3 is 2.53 bits per heavy atom. The van der Waals surface area contributed by atoms with Gasteiger partial charge in [-0.25, -0.2) is 8.78 Å². The summed E-state index contributed by atoms with van der Waals surface area (Å²) in [6.07, 6.45) is 5.22. The van der Waals surface area contributed by atoms with Gasteiger partial charge in [0.05, 0.1) is 0 Å². The Balaban J connectivity index is 2.35. The van der Waals surface area contributed by atoms with Crippen LogP contribution in [0.3, 0.4) is 0 Å². The highest BCUT2D eigenvalue weighted by Crippen LogP contribution is 2.49. The minimum atomic E-state index is -0.804. The van der Waals surface area contributed by atoms with Gasteiger partial charge in [0.2, 0.25) is 0 Å². The molecule has 0 aliphatic heterocycles. The van der Waals surface area contributed by atoms with Gasteiger partial charge in [-0.1, -0.05) is 31.9 Å². The Bertz CT molecular complexity index is 397. The zero-order chi connectivity index (χ0) is 12.5. The summed E-state index contributed by atoms with van der Waals surface area (Å²) in [5, 5.41) is 0. The Hall–Kier alpha value is -0.960. The van der Waals surface area contributed by atoms with Gasteiger partial charge in [0.25, 0.3) is 0 Å².